The molecule has 0 saturated carbocycles. The second-order valence-corrected chi connectivity index (χ2v) is 29.8. The number of unbranched alkanes of at least 4 members (excludes halogenated alkanes) is 41. The Balaban J connectivity index is 5.22. The second kappa shape index (κ2) is 64.1. The zero-order valence-corrected chi connectivity index (χ0v) is 60.9. The molecular formula is C72H140O17P2. The number of phosphoric ester groups is 2. The van der Waals surface area contributed by atoms with Gasteiger partial charge in [-0.15, -0.1) is 0 Å². The lowest BCUT2D eigenvalue weighted by Crippen LogP contribution is -2.30. The van der Waals surface area contributed by atoms with Gasteiger partial charge in [-0.1, -0.05) is 318 Å². The van der Waals surface area contributed by atoms with E-state index in [0.717, 1.165) is 95.8 Å². The third-order valence-electron chi connectivity index (χ3n) is 16.7. The molecule has 5 atom stereocenters. The van der Waals surface area contributed by atoms with Gasteiger partial charge in [0.2, 0.25) is 0 Å². The fraction of sp³-hybridized carbons (Fsp3) is 0.944. The number of ether oxygens (including phenoxy) is 4. The van der Waals surface area contributed by atoms with Crippen molar-refractivity contribution in [3.05, 3.63) is 0 Å². The van der Waals surface area contributed by atoms with Crippen molar-refractivity contribution < 1.29 is 80.2 Å². The van der Waals surface area contributed by atoms with Gasteiger partial charge in [0.15, 0.2) is 12.2 Å². The van der Waals surface area contributed by atoms with Gasteiger partial charge in [-0.25, -0.2) is 9.13 Å². The molecule has 0 aromatic carbocycles. The van der Waals surface area contributed by atoms with Gasteiger partial charge in [0.25, 0.3) is 0 Å². The van der Waals surface area contributed by atoms with Crippen LogP contribution in [0.15, 0.2) is 0 Å². The van der Waals surface area contributed by atoms with E-state index in [-0.39, 0.29) is 25.7 Å². The number of hydrogen-bond donors (Lipinski definition) is 3. The molecule has 91 heavy (non-hydrogen) atoms. The van der Waals surface area contributed by atoms with Crippen LogP contribution in [0, 0.1) is 11.8 Å². The molecule has 0 aliphatic rings. The third-order valence-corrected chi connectivity index (χ3v) is 18.6. The van der Waals surface area contributed by atoms with Crippen molar-refractivity contribution in [3.63, 3.8) is 0 Å². The van der Waals surface area contributed by atoms with Crippen LogP contribution in [-0.4, -0.2) is 96.7 Å². The maximum absolute atomic E-state index is 13.0. The van der Waals surface area contributed by atoms with Gasteiger partial charge in [0.05, 0.1) is 26.4 Å². The fourth-order valence-corrected chi connectivity index (χ4v) is 12.5. The van der Waals surface area contributed by atoms with E-state index in [1.54, 1.807) is 0 Å². The molecule has 0 amide bonds. The Kier molecular flexibility index (Phi) is 62.7. The first kappa shape index (κ1) is 89.1. The van der Waals surface area contributed by atoms with E-state index in [2.05, 4.69) is 41.5 Å². The number of hydrogen-bond acceptors (Lipinski definition) is 15. The highest BCUT2D eigenvalue weighted by molar-refractivity contribution is 7.47. The standard InChI is InChI=1S/C72H140O17P2/c1-7-9-11-13-15-17-18-19-20-21-22-23-28-32-38-44-50-56-71(76)88-67(60-83-70(75)55-49-43-37-31-27-25-24-26-30-34-40-46-52-64(3)4)62-86-90(78,79)84-58-66(73)59-85-91(80,81)87-63-68(61-82-69(74)54-48-42-36-29-16-14-12-10-8-2)89-72(77)57-51-45-39-33-35-41-47-53-65(5)6/h64-68,73H,7-63H2,1-6H3,(H,78,79)(H,80,81)/t66-,67-,68-/m1/s1. The average molecular weight is 1340 g/mol. The minimum Gasteiger partial charge on any atom is -0.462 e. The van der Waals surface area contributed by atoms with Crippen molar-refractivity contribution in [2.24, 2.45) is 11.8 Å². The number of carbonyl (C=O) groups excluding carboxylic acids is 4. The van der Waals surface area contributed by atoms with Crippen molar-refractivity contribution >= 4 is 39.5 Å². The molecule has 0 spiro atoms. The first-order valence-corrected chi connectivity index (χ1v) is 40.5. The Morgan fingerprint density at radius 3 is 0.747 bits per heavy atom. The van der Waals surface area contributed by atoms with Crippen molar-refractivity contribution in [1.29, 1.82) is 0 Å². The zero-order valence-electron chi connectivity index (χ0n) is 59.1. The minimum absolute atomic E-state index is 0.104. The van der Waals surface area contributed by atoms with Gasteiger partial charge >= 0.3 is 39.5 Å². The van der Waals surface area contributed by atoms with Crippen LogP contribution in [0.25, 0.3) is 0 Å². The molecule has 0 rings (SSSR count). The van der Waals surface area contributed by atoms with Crippen LogP contribution in [-0.2, 0) is 65.4 Å². The predicted molar refractivity (Wildman–Crippen MR) is 368 cm³/mol. The Hall–Kier alpha value is -1.94. The quantitative estimate of drug-likeness (QED) is 0.0222. The highest BCUT2D eigenvalue weighted by Gasteiger charge is 2.30. The van der Waals surface area contributed by atoms with Crippen molar-refractivity contribution in [2.75, 3.05) is 39.6 Å². The molecule has 0 aromatic heterocycles. The van der Waals surface area contributed by atoms with Gasteiger partial charge in [-0.2, -0.15) is 0 Å². The van der Waals surface area contributed by atoms with E-state index in [4.69, 9.17) is 37.0 Å². The van der Waals surface area contributed by atoms with Crippen LogP contribution < -0.4 is 0 Å². The van der Waals surface area contributed by atoms with Gasteiger partial charge in [0.1, 0.15) is 19.3 Å². The maximum Gasteiger partial charge on any atom is 0.472 e. The van der Waals surface area contributed by atoms with Crippen molar-refractivity contribution in [3.8, 4) is 0 Å². The van der Waals surface area contributed by atoms with Crippen LogP contribution in [0.2, 0.25) is 0 Å². The van der Waals surface area contributed by atoms with E-state index in [1.165, 1.54) is 186 Å². The molecule has 0 saturated heterocycles. The Bertz CT molecular complexity index is 1770. The van der Waals surface area contributed by atoms with Gasteiger partial charge in [-0.3, -0.25) is 37.3 Å². The number of aliphatic hydroxyl groups is 1. The van der Waals surface area contributed by atoms with Crippen molar-refractivity contribution in [1.82, 2.24) is 0 Å². The smallest absolute Gasteiger partial charge is 0.462 e. The number of phosphoric acid groups is 2. The summed E-state index contributed by atoms with van der Waals surface area (Å²) in [4.78, 5) is 72.6. The van der Waals surface area contributed by atoms with E-state index in [0.29, 0.717) is 31.6 Å². The largest absolute Gasteiger partial charge is 0.472 e. The molecular weight excluding hydrogens is 1200 g/mol. The normalized spacial score (nSPS) is 14.1. The van der Waals surface area contributed by atoms with Crippen LogP contribution in [0.3, 0.4) is 0 Å². The number of aliphatic hydroxyl groups excluding tert-OH is 1. The van der Waals surface area contributed by atoms with Crippen LogP contribution in [0.5, 0.6) is 0 Å². The summed E-state index contributed by atoms with van der Waals surface area (Å²) in [6.45, 7) is 9.50. The summed E-state index contributed by atoms with van der Waals surface area (Å²) >= 11 is 0. The molecule has 2 unspecified atom stereocenters. The third kappa shape index (κ3) is 66.5. The molecule has 3 N–H and O–H groups in total. The zero-order chi connectivity index (χ0) is 67.2. The molecule has 0 bridgehead atoms. The molecule has 19 heteroatoms. The summed E-state index contributed by atoms with van der Waals surface area (Å²) < 4.78 is 68.3. The SMILES string of the molecule is CCCCCCCCCCCCCCCCCCCC(=O)O[C@H](COC(=O)CCCCCCCCCCCCCCC(C)C)COP(=O)(O)OC[C@@H](O)COP(=O)(O)OC[C@@H](COC(=O)CCCCCCCCCCC)OC(=O)CCCCCCCCCC(C)C. The topological polar surface area (TPSA) is 237 Å². The lowest BCUT2D eigenvalue weighted by atomic mass is 10.0. The average Bonchev–Trinajstić information content (AvgIpc) is 3.40. The summed E-state index contributed by atoms with van der Waals surface area (Å²) in [6, 6.07) is 0. The first-order valence-electron chi connectivity index (χ1n) is 37.5. The lowest BCUT2D eigenvalue weighted by molar-refractivity contribution is -0.161. The highest BCUT2D eigenvalue weighted by atomic mass is 31.2. The molecule has 0 aliphatic carbocycles. The minimum atomic E-state index is -4.95. The van der Waals surface area contributed by atoms with E-state index < -0.39 is 97.5 Å². The van der Waals surface area contributed by atoms with Gasteiger partial charge in [0, 0.05) is 25.7 Å². The van der Waals surface area contributed by atoms with Crippen LogP contribution >= 0.6 is 15.6 Å². The monoisotopic (exact) mass is 1340 g/mol. The summed E-state index contributed by atoms with van der Waals surface area (Å²) in [7, 11) is -9.90. The van der Waals surface area contributed by atoms with Gasteiger partial charge in [-0.05, 0) is 37.5 Å². The molecule has 17 nitrogen and oxygen atoms in total. The fourth-order valence-electron chi connectivity index (χ4n) is 10.9. The first-order chi connectivity index (χ1) is 43.9. The Morgan fingerprint density at radius 1 is 0.297 bits per heavy atom. The maximum atomic E-state index is 13.0. The lowest BCUT2D eigenvalue weighted by Gasteiger charge is -2.21. The van der Waals surface area contributed by atoms with E-state index in [1.807, 2.05) is 0 Å². The molecule has 0 aliphatic heterocycles. The molecule has 0 aromatic rings. The predicted octanol–water partition coefficient (Wildman–Crippen LogP) is 20.8. The molecule has 0 heterocycles. The number of rotatable bonds is 71. The second-order valence-electron chi connectivity index (χ2n) is 26.9. The summed E-state index contributed by atoms with van der Waals surface area (Å²) in [5.41, 5.74) is 0. The van der Waals surface area contributed by atoms with E-state index >= 15 is 0 Å². The van der Waals surface area contributed by atoms with Crippen LogP contribution in [0.1, 0.15) is 369 Å². The van der Waals surface area contributed by atoms with E-state index in [9.17, 15) is 43.2 Å². The molecule has 540 valence electrons. The highest BCUT2D eigenvalue weighted by Crippen LogP contribution is 2.45. The Labute approximate surface area is 556 Å². The number of carbonyl (C=O) groups is 4. The summed E-state index contributed by atoms with van der Waals surface area (Å²) in [6.07, 6.45) is 50.1. The summed E-state index contributed by atoms with van der Waals surface area (Å²) in [5.74, 6) is -0.646. The summed E-state index contributed by atoms with van der Waals surface area (Å²) in [5, 5.41) is 10.6. The van der Waals surface area contributed by atoms with Gasteiger partial charge < -0.3 is 33.8 Å². The number of esters is 4. The Morgan fingerprint density at radius 2 is 0.505 bits per heavy atom. The molecule has 0 radical (unpaired) electrons. The van der Waals surface area contributed by atoms with Crippen LogP contribution in [0.4, 0.5) is 0 Å². The van der Waals surface area contributed by atoms with Crippen molar-refractivity contribution in [2.45, 2.75) is 387 Å². The molecule has 0 fully saturated rings.